The summed E-state index contributed by atoms with van der Waals surface area (Å²) < 4.78 is 0. The Morgan fingerprint density at radius 1 is 0.786 bits per heavy atom. The van der Waals surface area contributed by atoms with Crippen LogP contribution in [-0.2, 0) is 30.4 Å². The quantitative estimate of drug-likeness (QED) is 0.0439. The second-order valence-electron chi connectivity index (χ2n) is 9.66. The Kier molecular flexibility index (Phi) is 15.9. The summed E-state index contributed by atoms with van der Waals surface area (Å²) in [4.78, 5) is 66.0. The first kappa shape index (κ1) is 35.6. The summed E-state index contributed by atoms with van der Waals surface area (Å²) in [6.07, 6.45) is 0.749. The van der Waals surface area contributed by atoms with Crippen molar-refractivity contribution in [2.24, 2.45) is 27.9 Å². The predicted molar refractivity (Wildman–Crippen MR) is 153 cm³/mol. The lowest BCUT2D eigenvalue weighted by atomic mass is 10.0. The molecule has 0 saturated carbocycles. The lowest BCUT2D eigenvalue weighted by molar-refractivity contribution is -0.142. The lowest BCUT2D eigenvalue weighted by Gasteiger charge is -2.25. The largest absolute Gasteiger partial charge is 0.508 e. The van der Waals surface area contributed by atoms with Crippen LogP contribution in [0.5, 0.6) is 5.75 Å². The van der Waals surface area contributed by atoms with Gasteiger partial charge in [0.15, 0.2) is 5.96 Å². The van der Waals surface area contributed by atoms with Crippen molar-refractivity contribution in [2.45, 2.75) is 75.5 Å². The molecule has 1 rings (SSSR count). The summed E-state index contributed by atoms with van der Waals surface area (Å²) in [5.74, 6) is -5.03. The zero-order valence-electron chi connectivity index (χ0n) is 23.3. The smallest absolute Gasteiger partial charge is 0.326 e. The van der Waals surface area contributed by atoms with Crippen LogP contribution in [0.3, 0.4) is 0 Å². The van der Waals surface area contributed by atoms with Gasteiger partial charge in [-0.25, -0.2) is 4.79 Å². The van der Waals surface area contributed by atoms with E-state index in [0.29, 0.717) is 31.4 Å². The predicted octanol–water partition coefficient (Wildman–Crippen LogP) is -2.15. The number of nitrogens with zero attached hydrogens (tertiary/aromatic N) is 1. The molecule has 0 fully saturated rings. The number of carboxylic acid groups (broad SMARTS) is 2. The first-order valence-corrected chi connectivity index (χ1v) is 13.5. The minimum Gasteiger partial charge on any atom is -0.508 e. The van der Waals surface area contributed by atoms with Crippen LogP contribution in [0.15, 0.2) is 29.3 Å². The molecule has 3 amide bonds. The van der Waals surface area contributed by atoms with E-state index in [2.05, 4.69) is 20.9 Å². The number of hydrogen-bond acceptors (Lipinski definition) is 9. The summed E-state index contributed by atoms with van der Waals surface area (Å²) in [5.41, 5.74) is 22.4. The summed E-state index contributed by atoms with van der Waals surface area (Å²) in [6, 6.07) is 0.810. The van der Waals surface area contributed by atoms with Gasteiger partial charge in [-0.3, -0.25) is 24.2 Å². The fourth-order valence-electron chi connectivity index (χ4n) is 3.84. The zero-order valence-corrected chi connectivity index (χ0v) is 23.3. The number of aromatic hydroxyl groups is 1. The number of nitrogens with two attached hydrogens (primary N) is 4. The lowest BCUT2D eigenvalue weighted by Crippen LogP contribution is -2.57. The van der Waals surface area contributed by atoms with Gasteiger partial charge in [0.05, 0.1) is 6.04 Å². The minimum atomic E-state index is -1.37. The Labute approximate surface area is 243 Å². The van der Waals surface area contributed by atoms with Gasteiger partial charge in [0.2, 0.25) is 17.7 Å². The topological polar surface area (TPSA) is 299 Å². The van der Waals surface area contributed by atoms with E-state index in [1.165, 1.54) is 24.3 Å². The number of carbonyl (C=O) groups excluding carboxylic acids is 3. The van der Waals surface area contributed by atoms with Gasteiger partial charge >= 0.3 is 11.9 Å². The molecule has 0 radical (unpaired) electrons. The molecule has 0 aliphatic heterocycles. The normalized spacial score (nSPS) is 13.6. The number of guanidine groups is 1. The van der Waals surface area contributed by atoms with Crippen LogP contribution in [0.4, 0.5) is 0 Å². The van der Waals surface area contributed by atoms with Crippen molar-refractivity contribution in [3.8, 4) is 5.75 Å². The molecule has 234 valence electrons. The molecule has 0 aliphatic rings. The highest BCUT2D eigenvalue weighted by molar-refractivity contribution is 5.94. The van der Waals surface area contributed by atoms with E-state index in [-0.39, 0.29) is 43.9 Å². The van der Waals surface area contributed by atoms with Gasteiger partial charge in [-0.05, 0) is 62.8 Å². The average Bonchev–Trinajstić information content (AvgIpc) is 2.92. The molecular formula is C26H42N8O8. The number of benzene rings is 1. The molecular weight excluding hydrogens is 552 g/mol. The molecule has 16 heteroatoms. The van der Waals surface area contributed by atoms with Gasteiger partial charge in [-0.2, -0.15) is 0 Å². The van der Waals surface area contributed by atoms with E-state index >= 15 is 0 Å². The van der Waals surface area contributed by atoms with Crippen molar-refractivity contribution in [1.29, 1.82) is 0 Å². The number of aliphatic imine (C=N–C) groups is 1. The number of hydrogen-bond donors (Lipinski definition) is 10. The number of amides is 3. The second kappa shape index (κ2) is 18.8. The Balaban J connectivity index is 3.11. The van der Waals surface area contributed by atoms with E-state index in [1.807, 2.05) is 0 Å². The number of carboxylic acids is 2. The molecule has 0 bridgehead atoms. The van der Waals surface area contributed by atoms with Crippen LogP contribution in [0.25, 0.3) is 0 Å². The standard InChI is InChI=1S/C26H42N8O8/c27-12-2-1-5-19(25(41)42)33-24(40)20(14-15-6-8-16(35)9-7-15)34-23(39)18(10-11-21(36)37)32-22(38)17(28)4-3-13-31-26(29)30/h6-9,17-20,35H,1-5,10-14,27-28H2,(H,32,38)(H,33,40)(H,34,39)(H,36,37)(H,41,42)(H4,29,30,31). The number of carbonyl (C=O) groups is 5. The fourth-order valence-corrected chi connectivity index (χ4v) is 3.84. The van der Waals surface area contributed by atoms with Gasteiger partial charge in [0, 0.05) is 19.4 Å². The number of rotatable bonds is 20. The third-order valence-electron chi connectivity index (χ3n) is 6.15. The Morgan fingerprint density at radius 3 is 1.95 bits per heavy atom. The number of aliphatic carboxylic acids is 2. The maximum absolute atomic E-state index is 13.3. The molecule has 4 atom stereocenters. The van der Waals surface area contributed by atoms with E-state index in [0.717, 1.165) is 0 Å². The monoisotopic (exact) mass is 594 g/mol. The highest BCUT2D eigenvalue weighted by atomic mass is 16.4. The Morgan fingerprint density at radius 2 is 1.38 bits per heavy atom. The van der Waals surface area contributed by atoms with Gasteiger partial charge in [0.25, 0.3) is 0 Å². The molecule has 0 heterocycles. The molecule has 0 saturated heterocycles. The first-order chi connectivity index (χ1) is 19.8. The van der Waals surface area contributed by atoms with Crippen molar-refractivity contribution in [3.63, 3.8) is 0 Å². The van der Waals surface area contributed by atoms with Crippen LogP contribution >= 0.6 is 0 Å². The number of phenolic OH excluding ortho intramolecular Hbond substituents is 1. The van der Waals surface area contributed by atoms with Crippen LogP contribution < -0.4 is 38.9 Å². The number of unbranched alkanes of at least 4 members (excludes halogenated alkanes) is 1. The Hall–Kier alpha value is -4.44. The van der Waals surface area contributed by atoms with Gasteiger partial charge in [-0.15, -0.1) is 0 Å². The van der Waals surface area contributed by atoms with Crippen molar-refractivity contribution in [2.75, 3.05) is 13.1 Å². The first-order valence-electron chi connectivity index (χ1n) is 13.5. The van der Waals surface area contributed by atoms with E-state index in [4.69, 9.17) is 28.0 Å². The summed E-state index contributed by atoms with van der Waals surface area (Å²) in [5, 5.41) is 35.7. The van der Waals surface area contributed by atoms with E-state index < -0.39 is 60.2 Å². The maximum atomic E-state index is 13.3. The van der Waals surface area contributed by atoms with Crippen molar-refractivity contribution >= 4 is 35.6 Å². The molecule has 42 heavy (non-hydrogen) atoms. The average molecular weight is 595 g/mol. The molecule has 0 spiro atoms. The van der Waals surface area contributed by atoms with Crippen molar-refractivity contribution < 1.29 is 39.3 Å². The van der Waals surface area contributed by atoms with E-state index in [1.54, 1.807) is 0 Å². The number of phenols is 1. The highest BCUT2D eigenvalue weighted by Gasteiger charge is 2.30. The molecule has 1 aromatic rings. The van der Waals surface area contributed by atoms with Gasteiger partial charge < -0.3 is 54.2 Å². The summed E-state index contributed by atoms with van der Waals surface area (Å²) >= 11 is 0. The van der Waals surface area contributed by atoms with E-state index in [9.17, 15) is 34.2 Å². The minimum absolute atomic E-state index is 0.0271. The zero-order chi connectivity index (χ0) is 31.7. The van der Waals surface area contributed by atoms with Crippen LogP contribution in [0.2, 0.25) is 0 Å². The second-order valence-corrected chi connectivity index (χ2v) is 9.66. The third-order valence-corrected chi connectivity index (χ3v) is 6.15. The summed E-state index contributed by atoms with van der Waals surface area (Å²) in [6.45, 7) is 0.576. The fraction of sp³-hybridized carbons (Fsp3) is 0.538. The van der Waals surface area contributed by atoms with Crippen LogP contribution in [-0.4, -0.2) is 88.2 Å². The van der Waals surface area contributed by atoms with Gasteiger partial charge in [-0.1, -0.05) is 12.1 Å². The van der Waals surface area contributed by atoms with Crippen LogP contribution in [0, 0.1) is 0 Å². The van der Waals surface area contributed by atoms with Crippen molar-refractivity contribution in [1.82, 2.24) is 16.0 Å². The molecule has 0 aromatic heterocycles. The van der Waals surface area contributed by atoms with Crippen LogP contribution in [0.1, 0.15) is 50.5 Å². The van der Waals surface area contributed by atoms with Gasteiger partial charge in [0.1, 0.15) is 23.9 Å². The SMILES string of the molecule is NCCCCC(NC(=O)C(Cc1ccc(O)cc1)NC(=O)C(CCC(=O)O)NC(=O)C(N)CCCN=C(N)N)C(=O)O. The maximum Gasteiger partial charge on any atom is 0.326 e. The third kappa shape index (κ3) is 14.3. The highest BCUT2D eigenvalue weighted by Crippen LogP contribution is 2.13. The molecule has 1 aromatic carbocycles. The Bertz CT molecular complexity index is 1080. The number of nitrogens with one attached hydrogen (secondary N) is 3. The van der Waals surface area contributed by atoms with Crippen molar-refractivity contribution in [3.05, 3.63) is 29.8 Å². The molecule has 14 N–H and O–H groups in total. The molecule has 0 aliphatic carbocycles. The molecule has 16 nitrogen and oxygen atoms in total. The summed E-state index contributed by atoms with van der Waals surface area (Å²) in [7, 11) is 0. The molecule has 4 unspecified atom stereocenters.